The molecule has 0 saturated heterocycles. The van der Waals surface area contributed by atoms with E-state index in [1.807, 2.05) is 18.2 Å². The summed E-state index contributed by atoms with van der Waals surface area (Å²) in [6.07, 6.45) is -0.963. The molecule has 0 unspecified atom stereocenters. The van der Waals surface area contributed by atoms with Gasteiger partial charge in [0.05, 0.1) is 29.6 Å². The third kappa shape index (κ3) is 2.67. The second-order valence-electron chi connectivity index (χ2n) is 7.81. The number of aromatic nitrogens is 3. The number of halogens is 3. The normalized spacial score (nSPS) is 15.5. The lowest BCUT2D eigenvalue weighted by Gasteiger charge is -2.22. The molecule has 152 valence electrons. The number of ether oxygens (including phenoxy) is 1. The summed E-state index contributed by atoms with van der Waals surface area (Å²) in [5.41, 5.74) is 3.09. The maximum absolute atomic E-state index is 13.0. The van der Waals surface area contributed by atoms with Crippen molar-refractivity contribution < 1.29 is 17.9 Å². The molecule has 2 aromatic carbocycles. The Morgan fingerprint density at radius 1 is 1.07 bits per heavy atom. The van der Waals surface area contributed by atoms with Gasteiger partial charge in [0.2, 0.25) is 0 Å². The first-order chi connectivity index (χ1) is 14.2. The summed E-state index contributed by atoms with van der Waals surface area (Å²) in [6, 6.07) is 9.25. The van der Waals surface area contributed by atoms with Crippen LogP contribution in [0, 0.1) is 0 Å². The molecule has 8 heteroatoms. The van der Waals surface area contributed by atoms with Crippen LogP contribution in [0.1, 0.15) is 30.5 Å². The van der Waals surface area contributed by atoms with Crippen LogP contribution in [0.3, 0.4) is 0 Å². The van der Waals surface area contributed by atoms with Crippen LogP contribution in [0.25, 0.3) is 16.6 Å². The van der Waals surface area contributed by atoms with Gasteiger partial charge in [-0.1, -0.05) is 13.8 Å². The minimum Gasteiger partial charge on any atom is -0.497 e. The highest BCUT2D eigenvalue weighted by atomic mass is 19.4. The zero-order chi connectivity index (χ0) is 21.3. The molecule has 0 bridgehead atoms. The van der Waals surface area contributed by atoms with Crippen molar-refractivity contribution in [2.24, 2.45) is 4.99 Å². The van der Waals surface area contributed by atoms with E-state index in [0.29, 0.717) is 11.0 Å². The van der Waals surface area contributed by atoms with Crippen LogP contribution in [0.15, 0.2) is 53.8 Å². The van der Waals surface area contributed by atoms with E-state index in [0.717, 1.165) is 40.4 Å². The highest BCUT2D eigenvalue weighted by Crippen LogP contribution is 2.43. The van der Waals surface area contributed by atoms with E-state index in [4.69, 9.17) is 9.73 Å². The van der Waals surface area contributed by atoms with E-state index in [2.05, 4.69) is 23.9 Å². The van der Waals surface area contributed by atoms with Crippen LogP contribution in [-0.2, 0) is 11.6 Å². The van der Waals surface area contributed by atoms with Gasteiger partial charge >= 0.3 is 6.18 Å². The molecular weight excluding hydrogens is 393 g/mol. The molecule has 1 aliphatic heterocycles. The van der Waals surface area contributed by atoms with E-state index in [9.17, 15) is 13.2 Å². The third-order valence-electron chi connectivity index (χ3n) is 5.56. The molecule has 0 spiro atoms. The molecule has 4 aromatic rings. The number of hydrogen-bond acceptors (Lipinski definition) is 4. The molecule has 5 nitrogen and oxygen atoms in total. The van der Waals surface area contributed by atoms with Crippen LogP contribution in [0.5, 0.6) is 5.75 Å². The van der Waals surface area contributed by atoms with Gasteiger partial charge in [0.25, 0.3) is 0 Å². The van der Waals surface area contributed by atoms with Crippen molar-refractivity contribution in [2.45, 2.75) is 25.4 Å². The number of alkyl halides is 3. The van der Waals surface area contributed by atoms with Gasteiger partial charge in [-0.2, -0.15) is 18.3 Å². The molecule has 0 atom stereocenters. The van der Waals surface area contributed by atoms with Crippen LogP contribution < -0.4 is 4.74 Å². The first-order valence-corrected chi connectivity index (χ1v) is 9.32. The van der Waals surface area contributed by atoms with Gasteiger partial charge < -0.3 is 4.74 Å². The van der Waals surface area contributed by atoms with Crippen molar-refractivity contribution in [2.75, 3.05) is 7.11 Å². The lowest BCUT2D eigenvalue weighted by atomic mass is 9.79. The Bertz CT molecular complexity index is 1350. The van der Waals surface area contributed by atoms with E-state index >= 15 is 0 Å². The molecule has 2 aromatic heterocycles. The zero-order valence-corrected chi connectivity index (χ0v) is 16.4. The minimum absolute atomic E-state index is 0.245. The molecule has 30 heavy (non-hydrogen) atoms. The fourth-order valence-corrected chi connectivity index (χ4v) is 3.96. The smallest absolute Gasteiger partial charge is 0.416 e. The molecule has 0 fully saturated rings. The average molecular weight is 410 g/mol. The maximum atomic E-state index is 13.0. The second-order valence-corrected chi connectivity index (χ2v) is 7.81. The van der Waals surface area contributed by atoms with E-state index in [1.54, 1.807) is 19.5 Å². The number of rotatable bonds is 2. The first-order valence-electron chi connectivity index (χ1n) is 9.32. The Labute approximate surface area is 169 Å². The second kappa shape index (κ2) is 6.04. The summed E-state index contributed by atoms with van der Waals surface area (Å²) in [5, 5.41) is 4.89. The lowest BCUT2D eigenvalue weighted by molar-refractivity contribution is -0.137. The molecule has 0 saturated carbocycles. The van der Waals surface area contributed by atoms with Crippen molar-refractivity contribution in [1.29, 1.82) is 0 Å². The topological polar surface area (TPSA) is 51.8 Å². The molecule has 0 aliphatic carbocycles. The van der Waals surface area contributed by atoms with Gasteiger partial charge in [0.15, 0.2) is 5.65 Å². The summed E-state index contributed by atoms with van der Waals surface area (Å²) in [7, 11) is 1.62. The molecule has 3 heterocycles. The van der Waals surface area contributed by atoms with Gasteiger partial charge in [0.1, 0.15) is 5.75 Å². The van der Waals surface area contributed by atoms with Crippen molar-refractivity contribution in [1.82, 2.24) is 14.6 Å². The Kier molecular flexibility index (Phi) is 3.75. The lowest BCUT2D eigenvalue weighted by Crippen LogP contribution is -2.26. The highest BCUT2D eigenvalue weighted by molar-refractivity contribution is 6.12. The number of fused-ring (bicyclic) bond motifs is 4. The SMILES string of the molecule is COc1ccc2c(c1)C(C)(C)C(c1cnc3c4ccc(C(F)(F)F)cc4nn3c1)=N2. The van der Waals surface area contributed by atoms with Crippen molar-refractivity contribution >= 4 is 27.9 Å². The Morgan fingerprint density at radius 2 is 1.87 bits per heavy atom. The molecule has 0 amide bonds. The molecule has 5 rings (SSSR count). The molecule has 1 aliphatic rings. The van der Waals surface area contributed by atoms with Crippen LogP contribution in [0.4, 0.5) is 18.9 Å². The number of nitrogens with zero attached hydrogens (tertiary/aromatic N) is 4. The standard InChI is InChI=1S/C22H17F3N4O/c1-21(2)16-9-14(30-3)5-7-17(16)27-19(21)12-10-26-20-15-6-4-13(22(23,24)25)8-18(15)28-29(20)11-12/h4-11H,1-3H3. The quantitative estimate of drug-likeness (QED) is 0.449. The number of benzene rings is 2. The molecular formula is C22H17F3N4O. The van der Waals surface area contributed by atoms with E-state index in [-0.39, 0.29) is 5.52 Å². The third-order valence-corrected chi connectivity index (χ3v) is 5.56. The van der Waals surface area contributed by atoms with Crippen molar-refractivity contribution in [3.63, 3.8) is 0 Å². The Morgan fingerprint density at radius 3 is 2.60 bits per heavy atom. The van der Waals surface area contributed by atoms with Gasteiger partial charge in [-0.15, -0.1) is 0 Å². The number of methoxy groups -OCH3 is 1. The largest absolute Gasteiger partial charge is 0.497 e. The van der Waals surface area contributed by atoms with Crippen LogP contribution >= 0.6 is 0 Å². The predicted octanol–water partition coefficient (Wildman–Crippen LogP) is 5.32. The summed E-state index contributed by atoms with van der Waals surface area (Å²) in [6.45, 7) is 4.13. The Hall–Kier alpha value is -3.42. The highest BCUT2D eigenvalue weighted by Gasteiger charge is 2.36. The fraction of sp³-hybridized carbons (Fsp3) is 0.227. The number of hydrogen-bond donors (Lipinski definition) is 0. The first kappa shape index (κ1) is 18.6. The van der Waals surface area contributed by atoms with E-state index < -0.39 is 17.2 Å². The zero-order valence-electron chi connectivity index (χ0n) is 16.4. The van der Waals surface area contributed by atoms with Gasteiger partial charge in [-0.05, 0) is 42.0 Å². The van der Waals surface area contributed by atoms with Crippen molar-refractivity contribution in [3.8, 4) is 5.75 Å². The summed E-state index contributed by atoms with van der Waals surface area (Å²) >= 11 is 0. The van der Waals surface area contributed by atoms with Crippen LogP contribution in [-0.4, -0.2) is 27.4 Å². The fourth-order valence-electron chi connectivity index (χ4n) is 3.96. The van der Waals surface area contributed by atoms with Crippen LogP contribution in [0.2, 0.25) is 0 Å². The Balaban J connectivity index is 1.62. The summed E-state index contributed by atoms with van der Waals surface area (Å²) in [5.74, 6) is 0.755. The van der Waals surface area contributed by atoms with Gasteiger partial charge in [-0.25, -0.2) is 9.50 Å². The van der Waals surface area contributed by atoms with E-state index in [1.165, 1.54) is 10.6 Å². The molecule has 0 N–H and O–H groups in total. The average Bonchev–Trinajstić information content (AvgIpc) is 3.20. The predicted molar refractivity (Wildman–Crippen MR) is 108 cm³/mol. The van der Waals surface area contributed by atoms with Crippen molar-refractivity contribution in [3.05, 3.63) is 65.5 Å². The molecule has 0 radical (unpaired) electrons. The number of aliphatic imine (C=N–C) groups is 1. The summed E-state index contributed by atoms with van der Waals surface area (Å²) in [4.78, 5) is 9.27. The minimum atomic E-state index is -4.42. The maximum Gasteiger partial charge on any atom is 0.416 e. The monoisotopic (exact) mass is 410 g/mol. The van der Waals surface area contributed by atoms with Gasteiger partial charge in [-0.3, -0.25) is 4.99 Å². The summed E-state index contributed by atoms with van der Waals surface area (Å²) < 4.78 is 46.0. The van der Waals surface area contributed by atoms with Gasteiger partial charge in [0, 0.05) is 28.8 Å².